The molecular weight excluding hydrogens is 236 g/mol. The molecule has 2 rings (SSSR count). The summed E-state index contributed by atoms with van der Waals surface area (Å²) in [6.07, 6.45) is 2.25. The standard InChI is InChI=1S/C12H18N2O4/c1-8-3-2-4-13(6-8)12(18)14-7-9(15)5-10(14)11(16)17/h3,9-10,15H,2,4-7H2,1H3,(H,16,17)/t9-,10-/m0/s1. The van der Waals surface area contributed by atoms with Gasteiger partial charge in [-0.05, 0) is 13.3 Å². The van der Waals surface area contributed by atoms with Crippen LogP contribution in [-0.2, 0) is 4.79 Å². The van der Waals surface area contributed by atoms with Crippen LogP contribution in [0.15, 0.2) is 11.6 Å². The molecule has 0 saturated carbocycles. The van der Waals surface area contributed by atoms with Gasteiger partial charge in [0.15, 0.2) is 0 Å². The second-order valence-electron chi connectivity index (χ2n) is 4.94. The number of urea groups is 1. The zero-order valence-electron chi connectivity index (χ0n) is 10.4. The van der Waals surface area contributed by atoms with Crippen molar-refractivity contribution in [3.8, 4) is 0 Å². The number of hydrogen-bond acceptors (Lipinski definition) is 3. The lowest BCUT2D eigenvalue weighted by molar-refractivity contribution is -0.141. The van der Waals surface area contributed by atoms with E-state index in [2.05, 4.69) is 6.08 Å². The summed E-state index contributed by atoms with van der Waals surface area (Å²) in [5.41, 5.74) is 1.11. The Balaban J connectivity index is 2.08. The molecule has 1 saturated heterocycles. The number of aliphatic carboxylic acids is 1. The molecule has 0 bridgehead atoms. The summed E-state index contributed by atoms with van der Waals surface area (Å²) in [6.45, 7) is 3.20. The molecule has 0 radical (unpaired) electrons. The summed E-state index contributed by atoms with van der Waals surface area (Å²) < 4.78 is 0. The van der Waals surface area contributed by atoms with Crippen molar-refractivity contribution in [2.24, 2.45) is 0 Å². The van der Waals surface area contributed by atoms with Crippen LogP contribution in [0.2, 0.25) is 0 Å². The number of nitrogens with zero attached hydrogens (tertiary/aromatic N) is 2. The summed E-state index contributed by atoms with van der Waals surface area (Å²) in [5, 5.41) is 18.6. The minimum absolute atomic E-state index is 0.106. The summed E-state index contributed by atoms with van der Waals surface area (Å²) in [7, 11) is 0. The van der Waals surface area contributed by atoms with E-state index in [1.54, 1.807) is 4.90 Å². The maximum absolute atomic E-state index is 12.3. The molecule has 0 aromatic carbocycles. The topological polar surface area (TPSA) is 81.1 Å². The van der Waals surface area contributed by atoms with Crippen molar-refractivity contribution in [2.45, 2.75) is 31.9 Å². The van der Waals surface area contributed by atoms with Crippen molar-refractivity contribution in [3.05, 3.63) is 11.6 Å². The van der Waals surface area contributed by atoms with E-state index in [9.17, 15) is 14.7 Å². The maximum atomic E-state index is 12.3. The third kappa shape index (κ3) is 2.48. The normalized spacial score (nSPS) is 28.2. The Morgan fingerprint density at radius 3 is 2.78 bits per heavy atom. The quantitative estimate of drug-likeness (QED) is 0.658. The van der Waals surface area contributed by atoms with Gasteiger partial charge in [-0.25, -0.2) is 9.59 Å². The lowest BCUT2D eigenvalue weighted by atomic mass is 10.1. The Morgan fingerprint density at radius 1 is 1.44 bits per heavy atom. The van der Waals surface area contributed by atoms with E-state index in [0.717, 1.165) is 12.0 Å². The first-order chi connectivity index (χ1) is 8.49. The van der Waals surface area contributed by atoms with Crippen LogP contribution in [0.5, 0.6) is 0 Å². The molecule has 2 aliphatic heterocycles. The number of aliphatic hydroxyl groups excluding tert-OH is 1. The average molecular weight is 254 g/mol. The molecule has 1 fully saturated rings. The SMILES string of the molecule is CC1=CCCN(C(=O)N2C[C@@H](O)C[C@H]2C(=O)O)C1. The Labute approximate surface area is 105 Å². The van der Waals surface area contributed by atoms with Crippen LogP contribution in [0.4, 0.5) is 4.79 Å². The van der Waals surface area contributed by atoms with Crippen molar-refractivity contribution in [1.29, 1.82) is 0 Å². The van der Waals surface area contributed by atoms with Crippen LogP contribution >= 0.6 is 0 Å². The van der Waals surface area contributed by atoms with Gasteiger partial charge in [-0.15, -0.1) is 0 Å². The number of likely N-dealkylation sites (tertiary alicyclic amines) is 1. The number of aliphatic hydroxyl groups is 1. The lowest BCUT2D eigenvalue weighted by Crippen LogP contribution is -2.49. The molecule has 18 heavy (non-hydrogen) atoms. The molecule has 0 unspecified atom stereocenters. The maximum Gasteiger partial charge on any atom is 0.326 e. The molecule has 100 valence electrons. The van der Waals surface area contributed by atoms with Gasteiger partial charge in [0.1, 0.15) is 6.04 Å². The van der Waals surface area contributed by atoms with Crippen LogP contribution in [0, 0.1) is 0 Å². The highest BCUT2D eigenvalue weighted by Crippen LogP contribution is 2.21. The van der Waals surface area contributed by atoms with Gasteiger partial charge in [-0.1, -0.05) is 11.6 Å². The van der Waals surface area contributed by atoms with Gasteiger partial charge >= 0.3 is 12.0 Å². The zero-order chi connectivity index (χ0) is 13.3. The first kappa shape index (κ1) is 12.9. The van der Waals surface area contributed by atoms with Crippen molar-refractivity contribution in [1.82, 2.24) is 9.80 Å². The second-order valence-corrected chi connectivity index (χ2v) is 4.94. The van der Waals surface area contributed by atoms with E-state index in [1.807, 2.05) is 6.92 Å². The monoisotopic (exact) mass is 254 g/mol. The van der Waals surface area contributed by atoms with Crippen LogP contribution in [0.1, 0.15) is 19.8 Å². The highest BCUT2D eigenvalue weighted by molar-refractivity contribution is 5.83. The molecule has 0 aromatic rings. The fourth-order valence-electron chi connectivity index (χ4n) is 2.52. The zero-order valence-corrected chi connectivity index (χ0v) is 10.4. The number of carbonyl (C=O) groups excluding carboxylic acids is 1. The van der Waals surface area contributed by atoms with Crippen LogP contribution in [-0.4, -0.2) is 63.8 Å². The lowest BCUT2D eigenvalue weighted by Gasteiger charge is -2.32. The highest BCUT2D eigenvalue weighted by atomic mass is 16.4. The Morgan fingerprint density at radius 2 is 2.17 bits per heavy atom. The van der Waals surface area contributed by atoms with Gasteiger partial charge in [-0.3, -0.25) is 0 Å². The van der Waals surface area contributed by atoms with Crippen molar-refractivity contribution >= 4 is 12.0 Å². The summed E-state index contributed by atoms with van der Waals surface area (Å²) in [6, 6.07) is -1.19. The molecule has 6 heteroatoms. The molecule has 2 amide bonds. The number of hydrogen-bond donors (Lipinski definition) is 2. The largest absolute Gasteiger partial charge is 0.480 e. The number of carbonyl (C=O) groups is 2. The molecular formula is C12H18N2O4. The first-order valence-electron chi connectivity index (χ1n) is 6.11. The first-order valence-corrected chi connectivity index (χ1v) is 6.11. The highest BCUT2D eigenvalue weighted by Gasteiger charge is 2.40. The molecule has 2 heterocycles. The van der Waals surface area contributed by atoms with Gasteiger partial charge in [-0.2, -0.15) is 0 Å². The smallest absolute Gasteiger partial charge is 0.326 e. The molecule has 2 aliphatic rings. The fraction of sp³-hybridized carbons (Fsp3) is 0.667. The van der Waals surface area contributed by atoms with E-state index < -0.39 is 18.1 Å². The van der Waals surface area contributed by atoms with Crippen LogP contribution in [0.3, 0.4) is 0 Å². The van der Waals surface area contributed by atoms with Crippen LogP contribution in [0.25, 0.3) is 0 Å². The van der Waals surface area contributed by atoms with E-state index in [-0.39, 0.29) is 19.0 Å². The molecule has 2 N–H and O–H groups in total. The van der Waals surface area contributed by atoms with Gasteiger partial charge < -0.3 is 20.0 Å². The molecule has 0 spiro atoms. The summed E-state index contributed by atoms with van der Waals surface area (Å²) in [4.78, 5) is 26.2. The molecule has 0 aliphatic carbocycles. The number of β-amino-alcohol motifs (C(OH)–C–C–N with tert-alkyl or cyclic N) is 1. The number of carboxylic acids is 1. The minimum Gasteiger partial charge on any atom is -0.480 e. The Kier molecular flexibility index (Phi) is 3.56. The number of amides is 2. The van der Waals surface area contributed by atoms with Crippen molar-refractivity contribution in [2.75, 3.05) is 19.6 Å². The van der Waals surface area contributed by atoms with E-state index in [4.69, 9.17) is 5.11 Å². The van der Waals surface area contributed by atoms with Crippen molar-refractivity contribution < 1.29 is 19.8 Å². The van der Waals surface area contributed by atoms with E-state index >= 15 is 0 Å². The third-order valence-corrected chi connectivity index (χ3v) is 3.41. The van der Waals surface area contributed by atoms with Crippen LogP contribution < -0.4 is 0 Å². The van der Waals surface area contributed by atoms with Gasteiger partial charge in [0.05, 0.1) is 6.10 Å². The summed E-state index contributed by atoms with van der Waals surface area (Å²) >= 11 is 0. The minimum atomic E-state index is -1.05. The number of rotatable bonds is 1. The van der Waals surface area contributed by atoms with Crippen molar-refractivity contribution in [3.63, 3.8) is 0 Å². The Bertz CT molecular complexity index is 394. The predicted octanol–water partition coefficient (Wildman–Crippen LogP) is 0.278. The third-order valence-electron chi connectivity index (χ3n) is 3.41. The predicted molar refractivity (Wildman–Crippen MR) is 64.1 cm³/mol. The molecule has 2 atom stereocenters. The Hall–Kier alpha value is -1.56. The van der Waals surface area contributed by atoms with E-state index in [1.165, 1.54) is 4.90 Å². The van der Waals surface area contributed by atoms with Gasteiger partial charge in [0.2, 0.25) is 0 Å². The van der Waals surface area contributed by atoms with Gasteiger partial charge in [0, 0.05) is 26.1 Å². The van der Waals surface area contributed by atoms with E-state index in [0.29, 0.717) is 13.1 Å². The fourth-order valence-corrected chi connectivity index (χ4v) is 2.52. The molecule has 0 aromatic heterocycles. The molecule has 6 nitrogen and oxygen atoms in total. The number of carboxylic acid groups (broad SMARTS) is 1. The average Bonchev–Trinajstić information content (AvgIpc) is 2.70. The van der Waals surface area contributed by atoms with Gasteiger partial charge in [0.25, 0.3) is 0 Å². The second kappa shape index (κ2) is 4.97. The summed E-state index contributed by atoms with van der Waals surface area (Å²) in [5.74, 6) is -1.05.